The van der Waals surface area contributed by atoms with E-state index >= 15 is 0 Å². The monoisotopic (exact) mass is 288 g/mol. The van der Waals surface area contributed by atoms with Crippen molar-refractivity contribution in [1.29, 1.82) is 0 Å². The van der Waals surface area contributed by atoms with Gasteiger partial charge in [0.1, 0.15) is 5.52 Å². The minimum absolute atomic E-state index is 0.105. The van der Waals surface area contributed by atoms with Gasteiger partial charge in [-0.05, 0) is 36.4 Å². The van der Waals surface area contributed by atoms with Gasteiger partial charge in [0.25, 0.3) is 0 Å². The third-order valence-corrected chi connectivity index (χ3v) is 3.16. The molecule has 1 aromatic heterocycles. The highest BCUT2D eigenvalue weighted by Gasteiger charge is 2.08. The lowest BCUT2D eigenvalue weighted by atomic mass is 10.2. The second kappa shape index (κ2) is 5.53. The summed E-state index contributed by atoms with van der Waals surface area (Å²) in [5.74, 6) is 0.566. The highest BCUT2D eigenvalue weighted by molar-refractivity contribution is 6.31. The minimum Gasteiger partial charge on any atom is -0.436 e. The van der Waals surface area contributed by atoms with Crippen molar-refractivity contribution in [2.24, 2.45) is 0 Å². The molecule has 102 valence electrons. The van der Waals surface area contributed by atoms with Crippen molar-refractivity contribution in [3.63, 3.8) is 0 Å². The third kappa shape index (κ3) is 2.61. The van der Waals surface area contributed by atoms with Gasteiger partial charge >= 0.3 is 0 Å². The molecule has 0 atom stereocenters. The fourth-order valence-corrected chi connectivity index (χ4v) is 2.11. The molecular weight excluding hydrogens is 276 g/mol. The van der Waals surface area contributed by atoms with Crippen LogP contribution in [0.15, 0.2) is 46.9 Å². The van der Waals surface area contributed by atoms with Crippen molar-refractivity contribution in [2.45, 2.75) is 0 Å². The molecule has 0 aliphatic carbocycles. The number of anilines is 1. The Morgan fingerprint density at radius 2 is 1.95 bits per heavy atom. The summed E-state index contributed by atoms with van der Waals surface area (Å²) in [5, 5.41) is 12.5. The first-order chi connectivity index (χ1) is 9.76. The Bertz CT molecular complexity index is 722. The van der Waals surface area contributed by atoms with Gasteiger partial charge < -0.3 is 14.8 Å². The van der Waals surface area contributed by atoms with Crippen molar-refractivity contribution in [1.82, 2.24) is 4.98 Å². The Kier molecular flexibility index (Phi) is 3.58. The van der Waals surface area contributed by atoms with Crippen LogP contribution in [0.25, 0.3) is 22.6 Å². The number of fused-ring (bicyclic) bond motifs is 1. The van der Waals surface area contributed by atoms with E-state index in [4.69, 9.17) is 21.1 Å². The van der Waals surface area contributed by atoms with Crippen molar-refractivity contribution in [3.8, 4) is 11.5 Å². The molecule has 0 unspecified atom stereocenters. The number of benzene rings is 2. The molecule has 3 aromatic rings. The number of hydrogen-bond acceptors (Lipinski definition) is 4. The SMILES string of the molecule is OCCNc1ccc(-c2nc3ccc(Cl)cc3o2)cc1. The molecule has 1 heterocycles. The van der Waals surface area contributed by atoms with Crippen molar-refractivity contribution in [3.05, 3.63) is 47.5 Å². The fourth-order valence-electron chi connectivity index (χ4n) is 1.95. The van der Waals surface area contributed by atoms with Crippen LogP contribution in [0.3, 0.4) is 0 Å². The minimum atomic E-state index is 0.105. The maximum atomic E-state index is 8.76. The van der Waals surface area contributed by atoms with Gasteiger partial charge in [-0.1, -0.05) is 11.6 Å². The van der Waals surface area contributed by atoms with E-state index in [1.54, 1.807) is 12.1 Å². The van der Waals surface area contributed by atoms with Crippen LogP contribution >= 0.6 is 11.6 Å². The van der Waals surface area contributed by atoms with Gasteiger partial charge in [-0.3, -0.25) is 0 Å². The summed E-state index contributed by atoms with van der Waals surface area (Å²) in [6.45, 7) is 0.633. The standard InChI is InChI=1S/C15H13ClN2O2/c16-11-3-6-13-14(9-11)20-15(18-13)10-1-4-12(5-2-10)17-7-8-19/h1-6,9,17,19H,7-8H2. The molecule has 0 saturated carbocycles. The normalized spacial score (nSPS) is 10.9. The van der Waals surface area contributed by atoms with E-state index in [9.17, 15) is 0 Å². The number of hydrogen-bond donors (Lipinski definition) is 2. The predicted octanol–water partition coefficient (Wildman–Crippen LogP) is 3.55. The lowest BCUT2D eigenvalue weighted by molar-refractivity contribution is 0.311. The molecule has 0 saturated heterocycles. The maximum absolute atomic E-state index is 8.76. The lowest BCUT2D eigenvalue weighted by Gasteiger charge is -2.04. The summed E-state index contributed by atoms with van der Waals surface area (Å²) >= 11 is 5.93. The molecule has 0 aliphatic rings. The Morgan fingerprint density at radius 3 is 2.70 bits per heavy atom. The fraction of sp³-hybridized carbons (Fsp3) is 0.133. The topological polar surface area (TPSA) is 58.3 Å². The smallest absolute Gasteiger partial charge is 0.227 e. The Balaban J connectivity index is 1.90. The molecule has 3 rings (SSSR count). The third-order valence-electron chi connectivity index (χ3n) is 2.92. The second-order valence-corrected chi connectivity index (χ2v) is 4.80. The number of aromatic nitrogens is 1. The molecule has 20 heavy (non-hydrogen) atoms. The Morgan fingerprint density at radius 1 is 1.15 bits per heavy atom. The van der Waals surface area contributed by atoms with Crippen LogP contribution in [0.1, 0.15) is 0 Å². The molecule has 0 amide bonds. The number of nitrogens with one attached hydrogen (secondary N) is 1. The van der Waals surface area contributed by atoms with Gasteiger partial charge in [0, 0.05) is 28.9 Å². The van der Waals surface area contributed by atoms with Crippen LogP contribution in [-0.2, 0) is 0 Å². The van der Waals surface area contributed by atoms with Crippen molar-refractivity contribution >= 4 is 28.4 Å². The first-order valence-corrected chi connectivity index (χ1v) is 6.65. The molecule has 4 nitrogen and oxygen atoms in total. The average Bonchev–Trinajstić information content (AvgIpc) is 2.88. The number of aliphatic hydroxyl groups is 1. The zero-order valence-corrected chi connectivity index (χ0v) is 11.4. The second-order valence-electron chi connectivity index (χ2n) is 4.36. The predicted molar refractivity (Wildman–Crippen MR) is 80.0 cm³/mol. The van der Waals surface area contributed by atoms with E-state index in [0.717, 1.165) is 16.8 Å². The van der Waals surface area contributed by atoms with Gasteiger partial charge in [-0.15, -0.1) is 0 Å². The van der Waals surface area contributed by atoms with E-state index in [-0.39, 0.29) is 6.61 Å². The summed E-state index contributed by atoms with van der Waals surface area (Å²) in [6.07, 6.45) is 0. The first kappa shape index (κ1) is 13.0. The van der Waals surface area contributed by atoms with E-state index in [2.05, 4.69) is 10.3 Å². The van der Waals surface area contributed by atoms with Crippen LogP contribution in [0.5, 0.6) is 0 Å². The number of oxazole rings is 1. The van der Waals surface area contributed by atoms with Gasteiger partial charge in [-0.25, -0.2) is 4.98 Å². The maximum Gasteiger partial charge on any atom is 0.227 e. The summed E-state index contributed by atoms with van der Waals surface area (Å²) < 4.78 is 5.70. The van der Waals surface area contributed by atoms with Gasteiger partial charge in [0.15, 0.2) is 5.58 Å². The van der Waals surface area contributed by atoms with E-state index in [1.165, 1.54) is 0 Å². The molecule has 0 radical (unpaired) electrons. The van der Waals surface area contributed by atoms with Crippen molar-refractivity contribution in [2.75, 3.05) is 18.5 Å². The summed E-state index contributed by atoms with van der Waals surface area (Å²) in [7, 11) is 0. The summed E-state index contributed by atoms with van der Waals surface area (Å²) in [5.41, 5.74) is 3.30. The van der Waals surface area contributed by atoms with Crippen molar-refractivity contribution < 1.29 is 9.52 Å². The van der Waals surface area contributed by atoms with Crippen LogP contribution < -0.4 is 5.32 Å². The van der Waals surface area contributed by atoms with Crippen LogP contribution in [0.4, 0.5) is 5.69 Å². The van der Waals surface area contributed by atoms with Crippen LogP contribution in [0.2, 0.25) is 5.02 Å². The molecule has 0 spiro atoms. The largest absolute Gasteiger partial charge is 0.436 e. The van der Waals surface area contributed by atoms with E-state index < -0.39 is 0 Å². The molecule has 2 N–H and O–H groups in total. The highest BCUT2D eigenvalue weighted by atomic mass is 35.5. The Labute approximate surface area is 121 Å². The van der Waals surface area contributed by atoms with Crippen LogP contribution in [0, 0.1) is 0 Å². The highest BCUT2D eigenvalue weighted by Crippen LogP contribution is 2.27. The number of halogens is 1. The molecule has 0 bridgehead atoms. The van der Waals surface area contributed by atoms with Gasteiger partial charge in [0.05, 0.1) is 6.61 Å². The van der Waals surface area contributed by atoms with E-state index in [0.29, 0.717) is 23.0 Å². The quantitative estimate of drug-likeness (QED) is 0.771. The molecule has 0 fully saturated rings. The Hall–Kier alpha value is -2.04. The zero-order chi connectivity index (χ0) is 13.9. The molecule has 5 heteroatoms. The molecular formula is C15H13ClN2O2. The lowest BCUT2D eigenvalue weighted by Crippen LogP contribution is -2.04. The number of rotatable bonds is 4. The average molecular weight is 289 g/mol. The summed E-state index contributed by atoms with van der Waals surface area (Å²) in [6, 6.07) is 13.1. The van der Waals surface area contributed by atoms with Gasteiger partial charge in [-0.2, -0.15) is 0 Å². The van der Waals surface area contributed by atoms with Crippen LogP contribution in [-0.4, -0.2) is 23.2 Å². The van der Waals surface area contributed by atoms with Gasteiger partial charge in [0.2, 0.25) is 5.89 Å². The zero-order valence-electron chi connectivity index (χ0n) is 10.6. The number of nitrogens with zero attached hydrogens (tertiary/aromatic N) is 1. The molecule has 2 aromatic carbocycles. The number of aliphatic hydroxyl groups excluding tert-OH is 1. The summed E-state index contributed by atoms with van der Waals surface area (Å²) in [4.78, 5) is 4.43. The van der Waals surface area contributed by atoms with E-state index in [1.807, 2.05) is 30.3 Å². The first-order valence-electron chi connectivity index (χ1n) is 6.27. The molecule has 0 aliphatic heterocycles.